The van der Waals surface area contributed by atoms with Crippen LogP contribution in [0.25, 0.3) is 0 Å². The molecule has 12 heteroatoms. The minimum Gasteiger partial charge on any atom is -0.480 e. The van der Waals surface area contributed by atoms with E-state index in [0.717, 1.165) is 36.4 Å². The standard InChI is InChI=1S/C14H11N3O8S/c18-14(19)9-15(11-2-1-3-12(8-11)17(22)23)26(24,25)13-6-4-10(5-7-13)16(20)21/h1-8H,9H2,(H,18,19). The van der Waals surface area contributed by atoms with Crippen LogP contribution < -0.4 is 4.31 Å². The van der Waals surface area contributed by atoms with E-state index in [-0.39, 0.29) is 11.4 Å². The lowest BCUT2D eigenvalue weighted by Gasteiger charge is -2.22. The topological polar surface area (TPSA) is 161 Å². The Morgan fingerprint density at radius 2 is 1.58 bits per heavy atom. The second-order valence-electron chi connectivity index (χ2n) is 4.93. The third kappa shape index (κ3) is 3.92. The van der Waals surface area contributed by atoms with Crippen molar-refractivity contribution in [2.75, 3.05) is 10.8 Å². The Kier molecular flexibility index (Phi) is 5.16. The van der Waals surface area contributed by atoms with E-state index in [1.54, 1.807) is 0 Å². The van der Waals surface area contributed by atoms with Crippen LogP contribution in [0.4, 0.5) is 17.1 Å². The minimum atomic E-state index is -4.43. The molecule has 0 heterocycles. The molecule has 0 aliphatic carbocycles. The van der Waals surface area contributed by atoms with Crippen LogP contribution in [0.1, 0.15) is 0 Å². The Balaban J connectivity index is 2.54. The SMILES string of the molecule is O=C(O)CN(c1cccc([N+](=O)[O-])c1)S(=O)(=O)c1ccc([N+](=O)[O-])cc1. The first-order chi connectivity index (χ1) is 12.1. The largest absolute Gasteiger partial charge is 0.480 e. The molecule has 0 bridgehead atoms. The lowest BCUT2D eigenvalue weighted by molar-refractivity contribution is -0.385. The van der Waals surface area contributed by atoms with Crippen LogP contribution >= 0.6 is 0 Å². The molecule has 0 radical (unpaired) electrons. The van der Waals surface area contributed by atoms with Crippen molar-refractivity contribution in [3.8, 4) is 0 Å². The van der Waals surface area contributed by atoms with Gasteiger partial charge in [0.1, 0.15) is 6.54 Å². The van der Waals surface area contributed by atoms with Crippen molar-refractivity contribution in [1.29, 1.82) is 0 Å². The zero-order chi connectivity index (χ0) is 19.5. The first kappa shape index (κ1) is 18.8. The number of aliphatic carboxylic acids is 1. The van der Waals surface area contributed by atoms with Gasteiger partial charge in [0.15, 0.2) is 0 Å². The van der Waals surface area contributed by atoms with Gasteiger partial charge in [0, 0.05) is 24.3 Å². The molecule has 2 aromatic carbocycles. The summed E-state index contributed by atoms with van der Waals surface area (Å²) in [5.41, 5.74) is -0.985. The first-order valence-corrected chi connectivity index (χ1v) is 8.30. The monoisotopic (exact) mass is 381 g/mol. The Bertz CT molecular complexity index is 972. The average Bonchev–Trinajstić information content (AvgIpc) is 2.59. The second-order valence-corrected chi connectivity index (χ2v) is 6.80. The number of hydrogen-bond acceptors (Lipinski definition) is 7. The zero-order valence-corrected chi connectivity index (χ0v) is 13.7. The van der Waals surface area contributed by atoms with Gasteiger partial charge in [0.2, 0.25) is 0 Å². The molecule has 0 spiro atoms. The quantitative estimate of drug-likeness (QED) is 0.560. The molecule has 136 valence electrons. The Morgan fingerprint density at radius 1 is 1.00 bits per heavy atom. The third-order valence-electron chi connectivity index (χ3n) is 3.24. The molecule has 0 aliphatic heterocycles. The van der Waals surface area contributed by atoms with Crippen LogP contribution in [0.5, 0.6) is 0 Å². The molecule has 2 rings (SSSR count). The summed E-state index contributed by atoms with van der Waals surface area (Å²) in [6.07, 6.45) is 0. The van der Waals surface area contributed by atoms with Gasteiger partial charge in [-0.05, 0) is 18.2 Å². The van der Waals surface area contributed by atoms with E-state index in [1.807, 2.05) is 0 Å². The van der Waals surface area contributed by atoms with Crippen LogP contribution in [-0.4, -0.2) is 35.9 Å². The molecule has 1 N–H and O–H groups in total. The normalized spacial score (nSPS) is 10.9. The van der Waals surface area contributed by atoms with E-state index in [0.29, 0.717) is 4.31 Å². The highest BCUT2D eigenvalue weighted by Gasteiger charge is 2.28. The number of nitro benzene ring substituents is 2. The molecule has 0 amide bonds. The van der Waals surface area contributed by atoms with Gasteiger partial charge in [0.25, 0.3) is 21.4 Å². The summed E-state index contributed by atoms with van der Waals surface area (Å²) < 4.78 is 26.0. The van der Waals surface area contributed by atoms with Crippen LogP contribution in [0, 0.1) is 20.2 Å². The fourth-order valence-corrected chi connectivity index (χ4v) is 3.47. The van der Waals surface area contributed by atoms with Gasteiger partial charge >= 0.3 is 5.97 Å². The van der Waals surface area contributed by atoms with Crippen LogP contribution in [0.15, 0.2) is 53.4 Å². The predicted octanol–water partition coefficient (Wildman–Crippen LogP) is 1.78. The molecule has 0 aromatic heterocycles. The van der Waals surface area contributed by atoms with Gasteiger partial charge in [-0.1, -0.05) is 6.07 Å². The van der Waals surface area contributed by atoms with Crippen molar-refractivity contribution in [1.82, 2.24) is 0 Å². The molecule has 11 nitrogen and oxygen atoms in total. The molecule has 0 unspecified atom stereocenters. The van der Waals surface area contributed by atoms with E-state index in [2.05, 4.69) is 0 Å². The summed E-state index contributed by atoms with van der Waals surface area (Å²) in [5, 5.41) is 30.6. The highest BCUT2D eigenvalue weighted by atomic mass is 32.2. The zero-order valence-electron chi connectivity index (χ0n) is 12.9. The minimum absolute atomic E-state index is 0.222. The fraction of sp³-hybridized carbons (Fsp3) is 0.0714. The Labute approximate surface area is 146 Å². The molecule has 26 heavy (non-hydrogen) atoms. The third-order valence-corrected chi connectivity index (χ3v) is 5.03. The van der Waals surface area contributed by atoms with Gasteiger partial charge in [-0.15, -0.1) is 0 Å². The molecule has 0 fully saturated rings. The van der Waals surface area contributed by atoms with Crippen molar-refractivity contribution in [2.24, 2.45) is 0 Å². The van der Waals surface area contributed by atoms with Crippen molar-refractivity contribution in [3.63, 3.8) is 0 Å². The van der Waals surface area contributed by atoms with Gasteiger partial charge in [-0.3, -0.25) is 29.3 Å². The number of rotatable bonds is 7. The summed E-state index contributed by atoms with van der Waals surface area (Å²) in [5.74, 6) is -1.48. The summed E-state index contributed by atoms with van der Waals surface area (Å²) in [4.78, 5) is 30.8. The van der Waals surface area contributed by atoms with Gasteiger partial charge in [-0.2, -0.15) is 0 Å². The number of sulfonamides is 1. The highest BCUT2D eigenvalue weighted by molar-refractivity contribution is 7.92. The fourth-order valence-electron chi connectivity index (χ4n) is 2.07. The first-order valence-electron chi connectivity index (χ1n) is 6.86. The van der Waals surface area contributed by atoms with E-state index in [9.17, 15) is 33.4 Å². The molecule has 0 atom stereocenters. The average molecular weight is 381 g/mol. The summed E-state index contributed by atoms with van der Waals surface area (Å²) in [6.45, 7) is -0.986. The van der Waals surface area contributed by atoms with E-state index in [4.69, 9.17) is 5.11 Å². The number of carbonyl (C=O) groups is 1. The van der Waals surface area contributed by atoms with Crippen molar-refractivity contribution < 1.29 is 28.2 Å². The number of carboxylic acids is 1. The second kappa shape index (κ2) is 7.14. The maximum absolute atomic E-state index is 12.8. The highest BCUT2D eigenvalue weighted by Crippen LogP contribution is 2.27. The van der Waals surface area contributed by atoms with Gasteiger partial charge in [-0.25, -0.2) is 8.42 Å². The van der Waals surface area contributed by atoms with Gasteiger partial charge in [0.05, 0.1) is 20.4 Å². The molecular weight excluding hydrogens is 370 g/mol. The van der Waals surface area contributed by atoms with Crippen molar-refractivity contribution >= 4 is 33.1 Å². The number of anilines is 1. The van der Waals surface area contributed by atoms with E-state index in [1.165, 1.54) is 12.1 Å². The Morgan fingerprint density at radius 3 is 2.08 bits per heavy atom. The number of benzene rings is 2. The van der Waals surface area contributed by atoms with Crippen LogP contribution in [0.2, 0.25) is 0 Å². The van der Waals surface area contributed by atoms with E-state index < -0.39 is 43.0 Å². The maximum atomic E-state index is 12.8. The smallest absolute Gasteiger partial charge is 0.324 e. The number of carboxylic acid groups (broad SMARTS) is 1. The molecule has 0 saturated carbocycles. The lowest BCUT2D eigenvalue weighted by atomic mass is 10.3. The van der Waals surface area contributed by atoms with Crippen LogP contribution in [-0.2, 0) is 14.8 Å². The van der Waals surface area contributed by atoms with Crippen LogP contribution in [0.3, 0.4) is 0 Å². The van der Waals surface area contributed by atoms with Crippen molar-refractivity contribution in [3.05, 3.63) is 68.8 Å². The lowest BCUT2D eigenvalue weighted by Crippen LogP contribution is -2.35. The van der Waals surface area contributed by atoms with Gasteiger partial charge < -0.3 is 5.11 Å². The summed E-state index contributed by atoms with van der Waals surface area (Å²) in [7, 11) is -4.43. The predicted molar refractivity (Wildman–Crippen MR) is 88.4 cm³/mol. The molecule has 0 aliphatic rings. The number of non-ortho nitro benzene ring substituents is 2. The molecular formula is C14H11N3O8S. The Hall–Kier alpha value is -3.54. The molecule has 0 saturated heterocycles. The maximum Gasteiger partial charge on any atom is 0.324 e. The summed E-state index contributed by atoms with van der Waals surface area (Å²) >= 11 is 0. The van der Waals surface area contributed by atoms with E-state index >= 15 is 0 Å². The number of nitrogens with zero attached hydrogens (tertiary/aromatic N) is 3. The number of hydrogen-bond donors (Lipinski definition) is 1. The van der Waals surface area contributed by atoms with Crippen molar-refractivity contribution in [2.45, 2.75) is 4.90 Å². The molecule has 2 aromatic rings. The number of nitro groups is 2. The summed E-state index contributed by atoms with van der Waals surface area (Å²) in [6, 6.07) is 8.30.